The van der Waals surface area contributed by atoms with Crippen molar-refractivity contribution >= 4 is 17.9 Å². The van der Waals surface area contributed by atoms with Crippen molar-refractivity contribution in [2.45, 2.75) is 13.5 Å². The zero-order valence-corrected chi connectivity index (χ0v) is 15.8. The molecular formula is C23H21NO4. The van der Waals surface area contributed by atoms with Gasteiger partial charge < -0.3 is 14.6 Å². The third kappa shape index (κ3) is 4.76. The van der Waals surface area contributed by atoms with Gasteiger partial charge in [-0.1, -0.05) is 30.3 Å². The van der Waals surface area contributed by atoms with Gasteiger partial charge in [0.25, 0.3) is 0 Å². The van der Waals surface area contributed by atoms with Gasteiger partial charge in [0.1, 0.15) is 6.61 Å². The van der Waals surface area contributed by atoms with Gasteiger partial charge in [-0.2, -0.15) is 0 Å². The first kappa shape index (κ1) is 19.2. The lowest BCUT2D eigenvalue weighted by Gasteiger charge is -2.11. The molecule has 3 aromatic rings. The van der Waals surface area contributed by atoms with Gasteiger partial charge in [-0.25, -0.2) is 4.79 Å². The van der Waals surface area contributed by atoms with Crippen LogP contribution < -0.4 is 9.47 Å². The van der Waals surface area contributed by atoms with Crippen molar-refractivity contribution < 1.29 is 19.4 Å². The van der Waals surface area contributed by atoms with E-state index in [9.17, 15) is 4.79 Å². The number of aromatic carboxylic acids is 1. The van der Waals surface area contributed by atoms with Crippen LogP contribution in [0.15, 0.2) is 71.7 Å². The summed E-state index contributed by atoms with van der Waals surface area (Å²) >= 11 is 0. The first-order valence-corrected chi connectivity index (χ1v) is 8.79. The van der Waals surface area contributed by atoms with Gasteiger partial charge in [0.2, 0.25) is 0 Å². The number of carboxylic acid groups (broad SMARTS) is 1. The molecule has 0 spiro atoms. The summed E-state index contributed by atoms with van der Waals surface area (Å²) < 4.78 is 11.3. The molecule has 5 heteroatoms. The van der Waals surface area contributed by atoms with E-state index in [2.05, 4.69) is 4.99 Å². The first-order chi connectivity index (χ1) is 13.6. The average molecular weight is 375 g/mol. The molecule has 0 aliphatic rings. The maximum Gasteiger partial charge on any atom is 0.335 e. The highest BCUT2D eigenvalue weighted by molar-refractivity contribution is 5.87. The van der Waals surface area contributed by atoms with Crippen molar-refractivity contribution in [2.75, 3.05) is 7.11 Å². The Morgan fingerprint density at radius 1 is 1.04 bits per heavy atom. The second-order valence-corrected chi connectivity index (χ2v) is 6.25. The molecule has 0 saturated carbocycles. The summed E-state index contributed by atoms with van der Waals surface area (Å²) in [4.78, 5) is 15.4. The molecule has 0 bridgehead atoms. The van der Waals surface area contributed by atoms with E-state index in [4.69, 9.17) is 14.6 Å². The van der Waals surface area contributed by atoms with Crippen LogP contribution in [0.1, 0.15) is 27.0 Å². The number of hydrogen-bond donors (Lipinski definition) is 1. The number of aliphatic imine (C=N–C) groups is 1. The number of carbonyl (C=O) groups is 1. The molecule has 0 saturated heterocycles. The summed E-state index contributed by atoms with van der Waals surface area (Å²) in [6.07, 6.45) is 1.79. The van der Waals surface area contributed by atoms with Crippen molar-refractivity contribution in [3.05, 3.63) is 89.0 Å². The highest BCUT2D eigenvalue weighted by atomic mass is 16.5. The molecule has 0 radical (unpaired) electrons. The maximum absolute atomic E-state index is 10.9. The van der Waals surface area contributed by atoms with E-state index in [1.807, 2.05) is 49.4 Å². The molecule has 0 aliphatic heterocycles. The molecule has 3 rings (SSSR count). The molecule has 1 N–H and O–H groups in total. The number of aryl methyl sites for hydroxylation is 1. The third-order valence-corrected chi connectivity index (χ3v) is 4.25. The van der Waals surface area contributed by atoms with E-state index in [0.29, 0.717) is 18.1 Å². The zero-order chi connectivity index (χ0) is 19.9. The van der Waals surface area contributed by atoms with E-state index < -0.39 is 5.97 Å². The SMILES string of the molecule is COc1cc(C=Nc2ccccc2C)ccc1OCc1ccc(C(=O)O)cc1. The Balaban J connectivity index is 1.70. The number of benzene rings is 3. The lowest BCUT2D eigenvalue weighted by atomic mass is 10.1. The highest BCUT2D eigenvalue weighted by Gasteiger charge is 2.07. The molecule has 0 fully saturated rings. The van der Waals surface area contributed by atoms with Crippen molar-refractivity contribution in [1.29, 1.82) is 0 Å². The predicted octanol–water partition coefficient (Wildman–Crippen LogP) is 5.03. The molecule has 0 heterocycles. The largest absolute Gasteiger partial charge is 0.493 e. The maximum atomic E-state index is 10.9. The topological polar surface area (TPSA) is 68.1 Å². The second-order valence-electron chi connectivity index (χ2n) is 6.25. The Labute approximate surface area is 163 Å². The van der Waals surface area contributed by atoms with E-state index in [-0.39, 0.29) is 5.56 Å². The lowest BCUT2D eigenvalue weighted by Crippen LogP contribution is -2.00. The minimum atomic E-state index is -0.947. The van der Waals surface area contributed by atoms with Crippen molar-refractivity contribution in [1.82, 2.24) is 0 Å². The van der Waals surface area contributed by atoms with Crippen LogP contribution in [0.3, 0.4) is 0 Å². The Morgan fingerprint density at radius 2 is 1.79 bits per heavy atom. The minimum absolute atomic E-state index is 0.249. The van der Waals surface area contributed by atoms with Crippen LogP contribution in [0.2, 0.25) is 0 Å². The minimum Gasteiger partial charge on any atom is -0.493 e. The van der Waals surface area contributed by atoms with Crippen molar-refractivity contribution in [3.8, 4) is 11.5 Å². The standard InChI is InChI=1S/C23H21NO4/c1-16-5-3-4-6-20(16)24-14-18-9-12-21(22(13-18)27-2)28-15-17-7-10-19(11-8-17)23(25)26/h3-14H,15H2,1-2H3,(H,25,26). The summed E-state index contributed by atoms with van der Waals surface area (Å²) in [5, 5.41) is 8.95. The summed E-state index contributed by atoms with van der Waals surface area (Å²) in [7, 11) is 1.59. The molecule has 5 nitrogen and oxygen atoms in total. The molecule has 0 atom stereocenters. The highest BCUT2D eigenvalue weighted by Crippen LogP contribution is 2.29. The monoisotopic (exact) mass is 375 g/mol. The van der Waals surface area contributed by atoms with E-state index in [1.165, 1.54) is 0 Å². The molecule has 28 heavy (non-hydrogen) atoms. The summed E-state index contributed by atoms with van der Waals surface area (Å²) in [5.41, 5.74) is 4.06. The molecule has 0 aliphatic carbocycles. The van der Waals surface area contributed by atoms with Crippen LogP contribution in [-0.2, 0) is 6.61 Å². The quantitative estimate of drug-likeness (QED) is 0.588. The Hall–Kier alpha value is -3.60. The summed E-state index contributed by atoms with van der Waals surface area (Å²) in [6.45, 7) is 2.33. The Morgan fingerprint density at radius 3 is 2.46 bits per heavy atom. The van der Waals surface area contributed by atoms with E-state index in [1.54, 1.807) is 37.6 Å². The summed E-state index contributed by atoms with van der Waals surface area (Å²) in [6, 6.07) is 20.1. The van der Waals surface area contributed by atoms with Crippen LogP contribution >= 0.6 is 0 Å². The van der Waals surface area contributed by atoms with Gasteiger partial charge >= 0.3 is 5.97 Å². The normalized spacial score (nSPS) is 10.8. The lowest BCUT2D eigenvalue weighted by molar-refractivity contribution is 0.0697. The zero-order valence-electron chi connectivity index (χ0n) is 15.8. The van der Waals surface area contributed by atoms with Crippen molar-refractivity contribution in [3.63, 3.8) is 0 Å². The fourth-order valence-corrected chi connectivity index (χ4v) is 2.64. The van der Waals surface area contributed by atoms with Crippen LogP contribution in [0.4, 0.5) is 5.69 Å². The second kappa shape index (κ2) is 8.86. The molecular weight excluding hydrogens is 354 g/mol. The van der Waals surface area contributed by atoms with Crippen LogP contribution in [0, 0.1) is 6.92 Å². The van der Waals surface area contributed by atoms with Gasteiger partial charge in [-0.15, -0.1) is 0 Å². The third-order valence-electron chi connectivity index (χ3n) is 4.25. The number of hydrogen-bond acceptors (Lipinski definition) is 4. The smallest absolute Gasteiger partial charge is 0.335 e. The van der Waals surface area contributed by atoms with Crippen LogP contribution in [-0.4, -0.2) is 24.4 Å². The molecule has 0 amide bonds. The van der Waals surface area contributed by atoms with E-state index in [0.717, 1.165) is 22.4 Å². The molecule has 0 aromatic heterocycles. The number of ether oxygens (including phenoxy) is 2. The number of methoxy groups -OCH3 is 1. The molecule has 142 valence electrons. The molecule has 0 unspecified atom stereocenters. The molecule has 3 aromatic carbocycles. The fraction of sp³-hybridized carbons (Fsp3) is 0.130. The number of nitrogens with zero attached hydrogens (tertiary/aromatic N) is 1. The fourth-order valence-electron chi connectivity index (χ4n) is 2.64. The number of para-hydroxylation sites is 1. The number of rotatable bonds is 7. The van der Waals surface area contributed by atoms with Gasteiger partial charge in [0.15, 0.2) is 11.5 Å². The van der Waals surface area contributed by atoms with Crippen molar-refractivity contribution in [2.24, 2.45) is 4.99 Å². The average Bonchev–Trinajstić information content (AvgIpc) is 2.72. The van der Waals surface area contributed by atoms with Gasteiger partial charge in [-0.05, 0) is 60.0 Å². The van der Waals surface area contributed by atoms with Gasteiger partial charge in [0, 0.05) is 6.21 Å². The Bertz CT molecular complexity index is 994. The summed E-state index contributed by atoms with van der Waals surface area (Å²) in [5.74, 6) is 0.269. The van der Waals surface area contributed by atoms with E-state index >= 15 is 0 Å². The predicted molar refractivity (Wildman–Crippen MR) is 109 cm³/mol. The van der Waals surface area contributed by atoms with Gasteiger partial charge in [-0.3, -0.25) is 4.99 Å². The first-order valence-electron chi connectivity index (χ1n) is 8.79. The number of carboxylic acids is 1. The van der Waals surface area contributed by atoms with Crippen LogP contribution in [0.5, 0.6) is 11.5 Å². The van der Waals surface area contributed by atoms with Crippen LogP contribution in [0.25, 0.3) is 0 Å². The Kier molecular flexibility index (Phi) is 6.07. The van der Waals surface area contributed by atoms with Gasteiger partial charge in [0.05, 0.1) is 18.4 Å².